The lowest BCUT2D eigenvalue weighted by Crippen LogP contribution is -2.33. The summed E-state index contributed by atoms with van der Waals surface area (Å²) >= 11 is 5.86. The summed E-state index contributed by atoms with van der Waals surface area (Å²) in [5.74, 6) is -1.17. The van der Waals surface area contributed by atoms with Gasteiger partial charge in [0.2, 0.25) is 10.0 Å². The summed E-state index contributed by atoms with van der Waals surface area (Å²) in [6.07, 6.45) is 4.91. The number of aromatic carboxylic acids is 1. The maximum absolute atomic E-state index is 12.6. The summed E-state index contributed by atoms with van der Waals surface area (Å²) in [6, 6.07) is 3.77. The number of rotatable bonds is 3. The predicted molar refractivity (Wildman–Crippen MR) is 80.3 cm³/mol. The molecule has 1 heterocycles. The zero-order valence-electron chi connectivity index (χ0n) is 11.6. The van der Waals surface area contributed by atoms with E-state index in [1.54, 1.807) is 0 Å². The van der Waals surface area contributed by atoms with Crippen LogP contribution in [0.15, 0.2) is 23.1 Å². The minimum atomic E-state index is -3.61. The highest BCUT2D eigenvalue weighted by molar-refractivity contribution is 7.89. The second-order valence-electron chi connectivity index (χ2n) is 5.12. The molecule has 0 amide bonds. The third-order valence-corrected chi connectivity index (χ3v) is 5.83. The minimum Gasteiger partial charge on any atom is -0.478 e. The van der Waals surface area contributed by atoms with Crippen LogP contribution in [0.2, 0.25) is 5.02 Å². The van der Waals surface area contributed by atoms with E-state index >= 15 is 0 Å². The predicted octanol–water partition coefficient (Wildman–Crippen LogP) is 2.99. The Morgan fingerprint density at radius 3 is 2.19 bits per heavy atom. The van der Waals surface area contributed by atoms with E-state index in [1.165, 1.54) is 22.5 Å². The Bertz CT molecular complexity index is 622. The molecule has 0 saturated carbocycles. The smallest absolute Gasteiger partial charge is 0.337 e. The summed E-state index contributed by atoms with van der Waals surface area (Å²) in [5, 5.41) is 8.87. The number of hydrogen-bond donors (Lipinski definition) is 1. The molecule has 0 aliphatic carbocycles. The van der Waals surface area contributed by atoms with Crippen LogP contribution in [0.25, 0.3) is 0 Å². The summed E-state index contributed by atoms with van der Waals surface area (Å²) in [6.45, 7) is 1.00. The van der Waals surface area contributed by atoms with Crippen LogP contribution in [-0.4, -0.2) is 36.9 Å². The Labute approximate surface area is 129 Å². The Balaban J connectivity index is 2.29. The SMILES string of the molecule is O=C(O)c1ccc(S(=O)(=O)N2CCCCCCC2)cc1Cl. The van der Waals surface area contributed by atoms with Gasteiger partial charge in [-0.15, -0.1) is 0 Å². The fraction of sp³-hybridized carbons (Fsp3) is 0.500. The molecule has 0 spiro atoms. The number of carboxylic acids is 1. The average molecular weight is 332 g/mol. The molecule has 0 aromatic heterocycles. The van der Waals surface area contributed by atoms with E-state index in [0.717, 1.165) is 32.1 Å². The molecule has 1 saturated heterocycles. The van der Waals surface area contributed by atoms with Gasteiger partial charge in [-0.3, -0.25) is 0 Å². The van der Waals surface area contributed by atoms with Crippen LogP contribution in [0.1, 0.15) is 42.5 Å². The number of benzene rings is 1. The molecule has 0 unspecified atom stereocenters. The van der Waals surface area contributed by atoms with E-state index in [0.29, 0.717) is 13.1 Å². The van der Waals surface area contributed by atoms with Crippen LogP contribution in [-0.2, 0) is 10.0 Å². The van der Waals surface area contributed by atoms with Gasteiger partial charge < -0.3 is 5.11 Å². The molecular formula is C14H18ClNO4S. The van der Waals surface area contributed by atoms with Crippen LogP contribution in [0.4, 0.5) is 0 Å². The molecule has 116 valence electrons. The second kappa shape index (κ2) is 6.77. The van der Waals surface area contributed by atoms with Crippen molar-refractivity contribution in [2.45, 2.75) is 37.0 Å². The topological polar surface area (TPSA) is 74.7 Å². The van der Waals surface area contributed by atoms with Gasteiger partial charge in [0.25, 0.3) is 0 Å². The molecule has 1 aliphatic heterocycles. The molecule has 1 fully saturated rings. The van der Waals surface area contributed by atoms with Gasteiger partial charge in [-0.25, -0.2) is 13.2 Å². The van der Waals surface area contributed by atoms with E-state index in [2.05, 4.69) is 0 Å². The molecule has 2 rings (SSSR count). The normalized spacial score (nSPS) is 18.0. The van der Waals surface area contributed by atoms with Gasteiger partial charge in [0.1, 0.15) is 0 Å². The second-order valence-corrected chi connectivity index (χ2v) is 7.46. The fourth-order valence-corrected chi connectivity index (χ4v) is 4.31. The molecular weight excluding hydrogens is 314 g/mol. The standard InChI is InChI=1S/C14H18ClNO4S/c15-13-10-11(6-7-12(13)14(17)18)21(19,20)16-8-4-2-1-3-5-9-16/h6-7,10H,1-5,8-9H2,(H,17,18). The first-order valence-corrected chi connectivity index (χ1v) is 8.78. The summed E-state index contributed by atoms with van der Waals surface area (Å²) in [7, 11) is -3.61. The third kappa shape index (κ3) is 3.75. The highest BCUT2D eigenvalue weighted by Crippen LogP contribution is 2.25. The van der Waals surface area contributed by atoms with Crippen molar-refractivity contribution in [2.75, 3.05) is 13.1 Å². The van der Waals surface area contributed by atoms with E-state index in [4.69, 9.17) is 16.7 Å². The molecule has 0 bridgehead atoms. The van der Waals surface area contributed by atoms with Crippen molar-refractivity contribution >= 4 is 27.6 Å². The van der Waals surface area contributed by atoms with Gasteiger partial charge in [0, 0.05) is 13.1 Å². The van der Waals surface area contributed by atoms with E-state index < -0.39 is 16.0 Å². The molecule has 0 atom stereocenters. The van der Waals surface area contributed by atoms with Crippen LogP contribution in [0, 0.1) is 0 Å². The van der Waals surface area contributed by atoms with E-state index in [9.17, 15) is 13.2 Å². The first kappa shape index (κ1) is 16.3. The van der Waals surface area contributed by atoms with Crippen LogP contribution < -0.4 is 0 Å². The van der Waals surface area contributed by atoms with E-state index in [-0.39, 0.29) is 15.5 Å². The Morgan fingerprint density at radius 1 is 1.10 bits per heavy atom. The van der Waals surface area contributed by atoms with Gasteiger partial charge in [0.15, 0.2) is 0 Å². The van der Waals surface area contributed by atoms with Gasteiger partial charge >= 0.3 is 5.97 Å². The number of nitrogens with zero attached hydrogens (tertiary/aromatic N) is 1. The summed E-state index contributed by atoms with van der Waals surface area (Å²) in [4.78, 5) is 11.0. The van der Waals surface area contributed by atoms with Gasteiger partial charge in [-0.1, -0.05) is 30.9 Å². The van der Waals surface area contributed by atoms with Gasteiger partial charge in [0.05, 0.1) is 15.5 Å². The zero-order chi connectivity index (χ0) is 15.5. The maximum atomic E-state index is 12.6. The van der Waals surface area contributed by atoms with Crippen molar-refractivity contribution in [1.82, 2.24) is 4.31 Å². The van der Waals surface area contributed by atoms with Gasteiger partial charge in [-0.05, 0) is 31.0 Å². The molecule has 1 aromatic carbocycles. The van der Waals surface area contributed by atoms with Crippen molar-refractivity contribution in [2.24, 2.45) is 0 Å². The van der Waals surface area contributed by atoms with E-state index in [1.807, 2.05) is 0 Å². The number of carbonyl (C=O) groups is 1. The zero-order valence-corrected chi connectivity index (χ0v) is 13.2. The van der Waals surface area contributed by atoms with Crippen LogP contribution in [0.5, 0.6) is 0 Å². The number of halogens is 1. The van der Waals surface area contributed by atoms with Crippen molar-refractivity contribution in [3.8, 4) is 0 Å². The Hall–Kier alpha value is -1.11. The lowest BCUT2D eigenvalue weighted by Gasteiger charge is -2.24. The molecule has 1 N–H and O–H groups in total. The maximum Gasteiger partial charge on any atom is 0.337 e. The number of hydrogen-bond acceptors (Lipinski definition) is 3. The van der Waals surface area contributed by atoms with Crippen molar-refractivity contribution in [3.63, 3.8) is 0 Å². The molecule has 0 radical (unpaired) electrons. The molecule has 5 nitrogen and oxygen atoms in total. The molecule has 1 aliphatic rings. The third-order valence-electron chi connectivity index (χ3n) is 3.62. The lowest BCUT2D eigenvalue weighted by molar-refractivity contribution is 0.0697. The van der Waals surface area contributed by atoms with Crippen LogP contribution in [0.3, 0.4) is 0 Å². The average Bonchev–Trinajstić information content (AvgIpc) is 2.37. The van der Waals surface area contributed by atoms with Crippen LogP contribution >= 0.6 is 11.6 Å². The Morgan fingerprint density at radius 2 is 1.67 bits per heavy atom. The number of sulfonamides is 1. The highest BCUT2D eigenvalue weighted by atomic mass is 35.5. The minimum absolute atomic E-state index is 0.0538. The van der Waals surface area contributed by atoms with Crippen molar-refractivity contribution in [3.05, 3.63) is 28.8 Å². The molecule has 1 aromatic rings. The first-order valence-electron chi connectivity index (χ1n) is 6.96. The summed E-state index contributed by atoms with van der Waals surface area (Å²) in [5.41, 5.74) is -0.0942. The number of carboxylic acid groups (broad SMARTS) is 1. The van der Waals surface area contributed by atoms with Crippen molar-refractivity contribution in [1.29, 1.82) is 0 Å². The lowest BCUT2D eigenvalue weighted by atomic mass is 10.1. The first-order chi connectivity index (χ1) is 9.93. The monoisotopic (exact) mass is 331 g/mol. The largest absolute Gasteiger partial charge is 0.478 e. The summed E-state index contributed by atoms with van der Waals surface area (Å²) < 4.78 is 26.7. The Kier molecular flexibility index (Phi) is 5.24. The van der Waals surface area contributed by atoms with Gasteiger partial charge in [-0.2, -0.15) is 4.31 Å². The highest BCUT2D eigenvalue weighted by Gasteiger charge is 2.25. The quantitative estimate of drug-likeness (QED) is 0.923. The fourth-order valence-electron chi connectivity index (χ4n) is 2.44. The molecule has 21 heavy (non-hydrogen) atoms. The molecule has 7 heteroatoms. The van der Waals surface area contributed by atoms with Crippen molar-refractivity contribution < 1.29 is 18.3 Å².